The van der Waals surface area contributed by atoms with Crippen LogP contribution in [0.2, 0.25) is 0 Å². The minimum atomic E-state index is -1.06. The Bertz CT molecular complexity index is 1070. The van der Waals surface area contributed by atoms with Crippen molar-refractivity contribution in [1.82, 2.24) is 15.1 Å². The number of anilines is 1. The summed E-state index contributed by atoms with van der Waals surface area (Å²) in [5, 5.41) is 5.88. The quantitative estimate of drug-likeness (QED) is 0.535. The Morgan fingerprint density at radius 1 is 1.00 bits per heavy atom. The van der Waals surface area contributed by atoms with Gasteiger partial charge >= 0.3 is 6.03 Å². The van der Waals surface area contributed by atoms with Gasteiger partial charge in [0.1, 0.15) is 5.75 Å². The molecule has 0 bridgehead atoms. The van der Waals surface area contributed by atoms with Crippen LogP contribution in [0.1, 0.15) is 36.0 Å². The van der Waals surface area contributed by atoms with Crippen LogP contribution >= 0.6 is 15.9 Å². The lowest BCUT2D eigenvalue weighted by atomic mass is 9.92. The van der Waals surface area contributed by atoms with Crippen molar-refractivity contribution in [2.45, 2.75) is 43.9 Å². The molecule has 2 aromatic carbocycles. The van der Waals surface area contributed by atoms with E-state index in [1.807, 2.05) is 6.07 Å². The minimum Gasteiger partial charge on any atom is -0.497 e. The Balaban J connectivity index is 1.54. The Hall–Kier alpha value is -3.11. The van der Waals surface area contributed by atoms with Gasteiger partial charge in [-0.05, 0) is 68.1 Å². The van der Waals surface area contributed by atoms with Crippen molar-refractivity contribution in [3.05, 3.63) is 58.6 Å². The van der Waals surface area contributed by atoms with Crippen molar-refractivity contribution >= 4 is 39.5 Å². The number of benzene rings is 2. The molecule has 1 aliphatic carbocycles. The standard InChI is InChI=1S/C25H30BrN5O4/c1-35-21-11-9-20(10-12-21)29-25(34)31-14-13-30(24(33)16-3-2-4-17(26)15-16)23(31)22(32)28-19-7-5-18(27)6-8-19/h2-4,9-12,15,18-19,23H,5-8,13-14,27H2,1H3,(H,28,32)(H,29,34). The van der Waals surface area contributed by atoms with Crippen molar-refractivity contribution < 1.29 is 19.1 Å². The third-order valence-corrected chi connectivity index (χ3v) is 6.95. The van der Waals surface area contributed by atoms with Crippen molar-refractivity contribution in [3.63, 3.8) is 0 Å². The first-order valence-corrected chi connectivity index (χ1v) is 12.5. The first-order valence-electron chi connectivity index (χ1n) is 11.7. The molecule has 0 aromatic heterocycles. The number of nitrogens with zero attached hydrogens (tertiary/aromatic N) is 2. The van der Waals surface area contributed by atoms with Gasteiger partial charge in [-0.25, -0.2) is 4.79 Å². The zero-order valence-corrected chi connectivity index (χ0v) is 21.2. The highest BCUT2D eigenvalue weighted by Crippen LogP contribution is 2.24. The van der Waals surface area contributed by atoms with E-state index in [4.69, 9.17) is 10.5 Å². The molecule has 1 aliphatic heterocycles. The molecule has 35 heavy (non-hydrogen) atoms. The van der Waals surface area contributed by atoms with E-state index in [-0.39, 0.29) is 37.0 Å². The van der Waals surface area contributed by atoms with E-state index in [0.717, 1.165) is 30.2 Å². The van der Waals surface area contributed by atoms with Gasteiger partial charge in [0.05, 0.1) is 7.11 Å². The van der Waals surface area contributed by atoms with Gasteiger partial charge in [0.2, 0.25) is 0 Å². The summed E-state index contributed by atoms with van der Waals surface area (Å²) < 4.78 is 5.92. The van der Waals surface area contributed by atoms with Crippen LogP contribution in [-0.2, 0) is 4.79 Å². The third kappa shape index (κ3) is 5.94. The van der Waals surface area contributed by atoms with Gasteiger partial charge in [0.15, 0.2) is 6.17 Å². The Morgan fingerprint density at radius 2 is 1.69 bits per heavy atom. The van der Waals surface area contributed by atoms with E-state index in [1.54, 1.807) is 49.6 Å². The number of ether oxygens (including phenoxy) is 1. The largest absolute Gasteiger partial charge is 0.497 e. The molecule has 10 heteroatoms. The Kier molecular flexibility index (Phi) is 7.92. The van der Waals surface area contributed by atoms with E-state index >= 15 is 0 Å². The number of amides is 4. The number of carbonyl (C=O) groups excluding carboxylic acids is 3. The highest BCUT2D eigenvalue weighted by Gasteiger charge is 2.43. The summed E-state index contributed by atoms with van der Waals surface area (Å²) in [6, 6.07) is 13.6. The lowest BCUT2D eigenvalue weighted by Crippen LogP contribution is -2.56. The fourth-order valence-corrected chi connectivity index (χ4v) is 4.93. The number of hydrogen-bond donors (Lipinski definition) is 3. The van der Waals surface area contributed by atoms with Crippen molar-refractivity contribution in [2.75, 3.05) is 25.5 Å². The summed E-state index contributed by atoms with van der Waals surface area (Å²) in [7, 11) is 1.57. The molecule has 2 aromatic rings. The third-order valence-electron chi connectivity index (χ3n) is 6.46. The number of methoxy groups -OCH3 is 1. The van der Waals surface area contributed by atoms with E-state index in [9.17, 15) is 14.4 Å². The number of rotatable bonds is 5. The number of nitrogens with two attached hydrogens (primary N) is 1. The normalized spacial score (nSPS) is 22.0. The smallest absolute Gasteiger partial charge is 0.323 e. The predicted molar refractivity (Wildman–Crippen MR) is 136 cm³/mol. The maximum absolute atomic E-state index is 13.5. The molecule has 4 amide bonds. The summed E-state index contributed by atoms with van der Waals surface area (Å²) in [4.78, 5) is 42.9. The molecule has 1 atom stereocenters. The van der Waals surface area contributed by atoms with Crippen LogP contribution < -0.4 is 21.1 Å². The zero-order valence-electron chi connectivity index (χ0n) is 19.6. The van der Waals surface area contributed by atoms with Gasteiger partial charge < -0.3 is 26.0 Å². The Morgan fingerprint density at radius 3 is 2.34 bits per heavy atom. The molecule has 4 N–H and O–H groups in total. The molecule has 0 spiro atoms. The number of urea groups is 1. The number of hydrogen-bond acceptors (Lipinski definition) is 5. The monoisotopic (exact) mass is 543 g/mol. The minimum absolute atomic E-state index is 0.0304. The molecule has 2 fully saturated rings. The molecule has 1 saturated carbocycles. The van der Waals surface area contributed by atoms with E-state index in [0.29, 0.717) is 17.0 Å². The van der Waals surface area contributed by atoms with E-state index < -0.39 is 12.2 Å². The summed E-state index contributed by atoms with van der Waals surface area (Å²) >= 11 is 3.39. The van der Waals surface area contributed by atoms with Crippen LogP contribution in [0.15, 0.2) is 53.0 Å². The second-order valence-electron chi connectivity index (χ2n) is 8.85. The number of carbonyl (C=O) groups is 3. The molecular formula is C25H30BrN5O4. The van der Waals surface area contributed by atoms with Gasteiger partial charge in [-0.15, -0.1) is 0 Å². The van der Waals surface area contributed by atoms with Crippen LogP contribution in [0.5, 0.6) is 5.75 Å². The van der Waals surface area contributed by atoms with Gasteiger partial charge in [0, 0.05) is 40.9 Å². The van der Waals surface area contributed by atoms with Crippen LogP contribution in [0.4, 0.5) is 10.5 Å². The molecular weight excluding hydrogens is 514 g/mol. The SMILES string of the molecule is COc1ccc(NC(=O)N2CCN(C(=O)c3cccc(Br)c3)C2C(=O)NC2CCC(N)CC2)cc1. The molecule has 4 rings (SSSR count). The molecule has 9 nitrogen and oxygen atoms in total. The molecule has 1 heterocycles. The summed E-state index contributed by atoms with van der Waals surface area (Å²) in [5.41, 5.74) is 7.01. The molecule has 0 radical (unpaired) electrons. The average Bonchev–Trinajstić information content (AvgIpc) is 3.31. The average molecular weight is 544 g/mol. The first kappa shape index (κ1) is 25.0. The molecule has 1 saturated heterocycles. The van der Waals surface area contributed by atoms with E-state index in [1.165, 1.54) is 9.80 Å². The van der Waals surface area contributed by atoms with Gasteiger partial charge in [-0.3, -0.25) is 14.5 Å². The van der Waals surface area contributed by atoms with Gasteiger partial charge in [0.25, 0.3) is 11.8 Å². The fourth-order valence-electron chi connectivity index (χ4n) is 4.53. The van der Waals surface area contributed by atoms with E-state index in [2.05, 4.69) is 26.6 Å². The summed E-state index contributed by atoms with van der Waals surface area (Å²) in [6.07, 6.45) is 2.15. The fraction of sp³-hybridized carbons (Fsp3) is 0.400. The maximum atomic E-state index is 13.5. The second-order valence-corrected chi connectivity index (χ2v) is 9.77. The molecule has 186 valence electrons. The van der Waals surface area contributed by atoms with Crippen molar-refractivity contribution in [2.24, 2.45) is 5.73 Å². The highest BCUT2D eigenvalue weighted by atomic mass is 79.9. The Labute approximate surface area is 213 Å². The summed E-state index contributed by atoms with van der Waals surface area (Å²) in [5.74, 6) is -0.00696. The van der Waals surface area contributed by atoms with Gasteiger partial charge in [-0.2, -0.15) is 0 Å². The first-order chi connectivity index (χ1) is 16.9. The number of halogens is 1. The maximum Gasteiger partial charge on any atom is 0.323 e. The zero-order chi connectivity index (χ0) is 24.9. The van der Waals surface area contributed by atoms with Gasteiger partial charge in [-0.1, -0.05) is 22.0 Å². The lowest BCUT2D eigenvalue weighted by Gasteiger charge is -2.32. The highest BCUT2D eigenvalue weighted by molar-refractivity contribution is 9.10. The van der Waals surface area contributed by atoms with Crippen LogP contribution in [-0.4, -0.2) is 66.1 Å². The van der Waals surface area contributed by atoms with Crippen LogP contribution in [0.3, 0.4) is 0 Å². The lowest BCUT2D eigenvalue weighted by molar-refractivity contribution is -0.128. The predicted octanol–water partition coefficient (Wildman–Crippen LogP) is 3.16. The molecule has 1 unspecified atom stereocenters. The summed E-state index contributed by atoms with van der Waals surface area (Å²) in [6.45, 7) is 0.477. The van der Waals surface area contributed by atoms with Crippen LogP contribution in [0.25, 0.3) is 0 Å². The number of nitrogens with one attached hydrogen (secondary N) is 2. The molecule has 2 aliphatic rings. The van der Waals surface area contributed by atoms with Crippen LogP contribution in [0, 0.1) is 0 Å². The topological polar surface area (TPSA) is 117 Å². The second kappa shape index (κ2) is 11.1. The van der Waals surface area contributed by atoms with Crippen molar-refractivity contribution in [1.29, 1.82) is 0 Å². The van der Waals surface area contributed by atoms with Crippen molar-refractivity contribution in [3.8, 4) is 5.75 Å².